The number of halogens is 1. The zero-order chi connectivity index (χ0) is 20.1. The summed E-state index contributed by atoms with van der Waals surface area (Å²) in [6, 6.07) is 16.2. The summed E-state index contributed by atoms with van der Waals surface area (Å²) in [7, 11) is 0. The molecule has 1 saturated heterocycles. The monoisotopic (exact) mass is 475 g/mol. The first-order valence-corrected chi connectivity index (χ1v) is 10.1. The summed E-state index contributed by atoms with van der Waals surface area (Å²) in [5, 5.41) is 0. The Labute approximate surface area is 179 Å². The van der Waals surface area contributed by atoms with Crippen molar-refractivity contribution in [2.24, 2.45) is 0 Å². The standard InChI is InChI=1S/C19H14BrN3O3S2/c20-14-9-5-4-8-13(14)17(25)22-21-16(24)11-23-18(26)15(28-19(23)27)10-12-6-2-1-3-7-12/h1-10H,11H2,(H,21,24)(H,22,25)/b15-10-. The number of amides is 3. The van der Waals surface area contributed by atoms with Crippen molar-refractivity contribution in [2.45, 2.75) is 0 Å². The third-order valence-electron chi connectivity index (χ3n) is 3.71. The third kappa shape index (κ3) is 4.86. The molecule has 2 aromatic carbocycles. The number of carbonyl (C=O) groups excluding carboxylic acids is 3. The molecule has 6 nitrogen and oxygen atoms in total. The predicted molar refractivity (Wildman–Crippen MR) is 116 cm³/mol. The number of nitrogens with zero attached hydrogens (tertiary/aromatic N) is 1. The van der Waals surface area contributed by atoms with Gasteiger partial charge in [0.05, 0.1) is 10.5 Å². The Bertz CT molecular complexity index is 979. The van der Waals surface area contributed by atoms with Crippen molar-refractivity contribution in [3.63, 3.8) is 0 Å². The molecule has 1 heterocycles. The van der Waals surface area contributed by atoms with Crippen LogP contribution in [0.5, 0.6) is 0 Å². The lowest BCUT2D eigenvalue weighted by Crippen LogP contribution is -2.47. The van der Waals surface area contributed by atoms with E-state index >= 15 is 0 Å². The Hall–Kier alpha value is -2.49. The normalized spacial score (nSPS) is 15.0. The van der Waals surface area contributed by atoms with Crippen LogP contribution >= 0.6 is 39.9 Å². The van der Waals surface area contributed by atoms with Crippen LogP contribution in [-0.4, -0.2) is 33.5 Å². The molecule has 0 saturated carbocycles. The highest BCUT2D eigenvalue weighted by Gasteiger charge is 2.33. The van der Waals surface area contributed by atoms with E-state index in [2.05, 4.69) is 26.8 Å². The van der Waals surface area contributed by atoms with Crippen LogP contribution in [0.4, 0.5) is 0 Å². The molecule has 1 aliphatic rings. The van der Waals surface area contributed by atoms with Crippen LogP contribution in [0.2, 0.25) is 0 Å². The summed E-state index contributed by atoms with van der Waals surface area (Å²) in [6.45, 7) is -0.285. The molecular weight excluding hydrogens is 462 g/mol. The molecule has 9 heteroatoms. The van der Waals surface area contributed by atoms with E-state index in [-0.39, 0.29) is 12.5 Å². The number of nitrogens with one attached hydrogen (secondary N) is 2. The summed E-state index contributed by atoms with van der Waals surface area (Å²) in [4.78, 5) is 38.5. The Balaban J connectivity index is 1.59. The van der Waals surface area contributed by atoms with E-state index < -0.39 is 11.8 Å². The van der Waals surface area contributed by atoms with Crippen molar-refractivity contribution in [2.75, 3.05) is 6.54 Å². The second-order valence-corrected chi connectivity index (χ2v) is 8.19. The lowest BCUT2D eigenvalue weighted by atomic mass is 10.2. The summed E-state index contributed by atoms with van der Waals surface area (Å²) in [5.41, 5.74) is 5.87. The number of hydrogen-bond acceptors (Lipinski definition) is 5. The van der Waals surface area contributed by atoms with E-state index in [1.807, 2.05) is 30.3 Å². The van der Waals surface area contributed by atoms with Crippen LogP contribution in [0.1, 0.15) is 15.9 Å². The number of benzene rings is 2. The zero-order valence-electron chi connectivity index (χ0n) is 14.3. The minimum absolute atomic E-state index is 0.285. The highest BCUT2D eigenvalue weighted by atomic mass is 79.9. The molecule has 0 atom stereocenters. The van der Waals surface area contributed by atoms with Gasteiger partial charge in [0.1, 0.15) is 10.9 Å². The van der Waals surface area contributed by atoms with Crippen molar-refractivity contribution < 1.29 is 14.4 Å². The van der Waals surface area contributed by atoms with Gasteiger partial charge in [-0.05, 0) is 39.7 Å². The highest BCUT2D eigenvalue weighted by molar-refractivity contribution is 9.10. The third-order valence-corrected chi connectivity index (χ3v) is 5.78. The Morgan fingerprint density at radius 1 is 1.07 bits per heavy atom. The van der Waals surface area contributed by atoms with E-state index in [9.17, 15) is 14.4 Å². The molecule has 3 rings (SSSR count). The van der Waals surface area contributed by atoms with Crippen molar-refractivity contribution in [1.82, 2.24) is 15.8 Å². The number of thioether (sulfide) groups is 1. The molecule has 28 heavy (non-hydrogen) atoms. The molecule has 0 unspecified atom stereocenters. The highest BCUT2D eigenvalue weighted by Crippen LogP contribution is 2.32. The number of rotatable bonds is 4. The van der Waals surface area contributed by atoms with Crippen LogP contribution in [-0.2, 0) is 9.59 Å². The van der Waals surface area contributed by atoms with Gasteiger partial charge in [-0.3, -0.25) is 30.1 Å². The second kappa shape index (κ2) is 9.13. The van der Waals surface area contributed by atoms with Crippen LogP contribution in [0.25, 0.3) is 6.08 Å². The van der Waals surface area contributed by atoms with Crippen LogP contribution in [0, 0.1) is 0 Å². The molecule has 3 amide bonds. The van der Waals surface area contributed by atoms with E-state index in [0.717, 1.165) is 17.3 Å². The molecule has 0 aliphatic carbocycles. The zero-order valence-corrected chi connectivity index (χ0v) is 17.6. The van der Waals surface area contributed by atoms with Gasteiger partial charge >= 0.3 is 0 Å². The summed E-state index contributed by atoms with van der Waals surface area (Å²) in [5.74, 6) is -1.38. The van der Waals surface area contributed by atoms with Gasteiger partial charge in [-0.2, -0.15) is 0 Å². The molecule has 1 fully saturated rings. The SMILES string of the molecule is O=C(CN1C(=O)/C(=C/c2ccccc2)SC1=S)NNC(=O)c1ccccc1Br. The lowest BCUT2D eigenvalue weighted by Gasteiger charge is -2.14. The Kier molecular flexibility index (Phi) is 6.61. The first-order chi connectivity index (χ1) is 13.5. The first kappa shape index (κ1) is 20.2. The molecule has 142 valence electrons. The fourth-order valence-electron chi connectivity index (χ4n) is 2.36. The van der Waals surface area contributed by atoms with Crippen molar-refractivity contribution >= 4 is 68.0 Å². The quantitative estimate of drug-likeness (QED) is 0.403. The molecule has 1 aliphatic heterocycles. The van der Waals surface area contributed by atoms with E-state index in [4.69, 9.17) is 12.2 Å². The van der Waals surface area contributed by atoms with Gasteiger partial charge in [0.25, 0.3) is 17.7 Å². The number of thiocarbonyl (C=S) groups is 1. The number of hydrazine groups is 1. The van der Waals surface area contributed by atoms with Crippen LogP contribution in [0.3, 0.4) is 0 Å². The van der Waals surface area contributed by atoms with E-state index in [0.29, 0.717) is 19.3 Å². The summed E-state index contributed by atoms with van der Waals surface area (Å²) in [6.07, 6.45) is 1.73. The van der Waals surface area contributed by atoms with Crippen molar-refractivity contribution in [3.8, 4) is 0 Å². The molecule has 0 bridgehead atoms. The topological polar surface area (TPSA) is 78.5 Å². The van der Waals surface area contributed by atoms with E-state index in [1.54, 1.807) is 30.3 Å². The molecule has 0 radical (unpaired) electrons. The van der Waals surface area contributed by atoms with Gasteiger partial charge in [0.15, 0.2) is 0 Å². The average molecular weight is 476 g/mol. The molecule has 0 spiro atoms. The largest absolute Gasteiger partial charge is 0.283 e. The predicted octanol–water partition coefficient (Wildman–Crippen LogP) is 3.11. The minimum Gasteiger partial charge on any atom is -0.283 e. The van der Waals surface area contributed by atoms with Gasteiger partial charge in [0, 0.05) is 4.47 Å². The van der Waals surface area contributed by atoms with Crippen LogP contribution in [0.15, 0.2) is 64.0 Å². The molecule has 2 aromatic rings. The maximum absolute atomic E-state index is 12.5. The van der Waals surface area contributed by atoms with Gasteiger partial charge in [-0.25, -0.2) is 0 Å². The van der Waals surface area contributed by atoms with Gasteiger partial charge < -0.3 is 0 Å². The fourth-order valence-corrected chi connectivity index (χ4v) is 4.08. The second-order valence-electron chi connectivity index (χ2n) is 5.66. The Morgan fingerprint density at radius 2 is 1.75 bits per heavy atom. The summed E-state index contributed by atoms with van der Waals surface area (Å²) < 4.78 is 0.893. The number of hydrogen-bond donors (Lipinski definition) is 2. The average Bonchev–Trinajstić information content (AvgIpc) is 2.94. The fraction of sp³-hybridized carbons (Fsp3) is 0.0526. The van der Waals surface area contributed by atoms with Gasteiger partial charge in [-0.1, -0.05) is 66.4 Å². The van der Waals surface area contributed by atoms with Crippen molar-refractivity contribution in [3.05, 3.63) is 75.1 Å². The number of carbonyl (C=O) groups is 3. The maximum Gasteiger partial charge on any atom is 0.270 e. The van der Waals surface area contributed by atoms with Gasteiger partial charge in [0.2, 0.25) is 0 Å². The smallest absolute Gasteiger partial charge is 0.270 e. The molecule has 0 aromatic heterocycles. The van der Waals surface area contributed by atoms with Gasteiger partial charge in [-0.15, -0.1) is 0 Å². The molecule has 2 N–H and O–H groups in total. The minimum atomic E-state index is -0.558. The molecular formula is C19H14BrN3O3S2. The first-order valence-electron chi connectivity index (χ1n) is 8.10. The summed E-state index contributed by atoms with van der Waals surface area (Å²) >= 11 is 9.62. The lowest BCUT2D eigenvalue weighted by molar-refractivity contribution is -0.129. The Morgan fingerprint density at radius 3 is 2.46 bits per heavy atom. The van der Waals surface area contributed by atoms with Crippen LogP contribution < -0.4 is 10.9 Å². The van der Waals surface area contributed by atoms with E-state index in [1.165, 1.54) is 4.90 Å². The van der Waals surface area contributed by atoms with Crippen molar-refractivity contribution in [1.29, 1.82) is 0 Å². The maximum atomic E-state index is 12.5.